The normalized spacial score (nSPS) is 12.0. The Bertz CT molecular complexity index is 972. The molecule has 3 nitrogen and oxygen atoms in total. The van der Waals surface area contributed by atoms with E-state index in [1.54, 1.807) is 0 Å². The first-order valence-corrected chi connectivity index (χ1v) is 12.4. The molecule has 0 fully saturated rings. The van der Waals surface area contributed by atoms with Gasteiger partial charge in [0.15, 0.2) is 0 Å². The summed E-state index contributed by atoms with van der Waals surface area (Å²) < 4.78 is 3.39. The number of alkyl halides is 2. The summed E-state index contributed by atoms with van der Waals surface area (Å²) in [5, 5.41) is 3.61. The average Bonchev–Trinajstić information content (AvgIpc) is 2.97. The van der Waals surface area contributed by atoms with Crippen LogP contribution in [0.5, 0.6) is 0 Å². The van der Waals surface area contributed by atoms with Crippen molar-refractivity contribution in [2.75, 3.05) is 9.86 Å². The van der Waals surface area contributed by atoms with Gasteiger partial charge in [-0.1, -0.05) is 0 Å². The van der Waals surface area contributed by atoms with E-state index in [1.165, 1.54) is 14.5 Å². The summed E-state index contributed by atoms with van der Waals surface area (Å²) in [6, 6.07) is 14.8. The van der Waals surface area contributed by atoms with Gasteiger partial charge in [-0.05, 0) is 0 Å². The fourth-order valence-electron chi connectivity index (χ4n) is 2.62. The zero-order valence-corrected chi connectivity index (χ0v) is 14.7. The molecule has 0 saturated carbocycles. The molecule has 3 heterocycles. The Kier molecular flexibility index (Phi) is 3.33. The van der Waals surface area contributed by atoms with Gasteiger partial charge in [-0.2, -0.15) is 0 Å². The quantitative estimate of drug-likeness (QED) is 0.281. The van der Waals surface area contributed by atoms with Crippen LogP contribution in [0.25, 0.3) is 27.5 Å². The molecule has 4 rings (SSSR count). The maximum atomic E-state index is 4.65. The van der Waals surface area contributed by atoms with Crippen molar-refractivity contribution in [3.8, 4) is 5.82 Å². The van der Waals surface area contributed by atoms with Crippen molar-refractivity contribution in [3.05, 3.63) is 64.8 Å². The standard InChI is InChI=1S/C18H16IN3/c1-19(2)17-9-14-7-8-22(16(14)12-20-17)18-10-13-5-3-4-6-15(13)11-21-18/h3-12H,1-2H3. The van der Waals surface area contributed by atoms with E-state index in [2.05, 4.69) is 67.0 Å². The summed E-state index contributed by atoms with van der Waals surface area (Å²) >= 11 is -1.04. The summed E-state index contributed by atoms with van der Waals surface area (Å²) in [4.78, 5) is 13.9. The van der Waals surface area contributed by atoms with Gasteiger partial charge >= 0.3 is 136 Å². The monoisotopic (exact) mass is 401 g/mol. The molecule has 0 radical (unpaired) electrons. The van der Waals surface area contributed by atoms with Gasteiger partial charge in [0.05, 0.1) is 0 Å². The Balaban J connectivity index is 1.88. The number of fused-ring (bicyclic) bond motifs is 2. The summed E-state index contributed by atoms with van der Waals surface area (Å²) in [5.74, 6) is 0.937. The van der Waals surface area contributed by atoms with Crippen molar-refractivity contribution >= 4 is 41.5 Å². The van der Waals surface area contributed by atoms with E-state index < -0.39 is 19.8 Å². The van der Waals surface area contributed by atoms with Crippen molar-refractivity contribution < 1.29 is 0 Å². The van der Waals surface area contributed by atoms with Gasteiger partial charge in [0.1, 0.15) is 0 Å². The molecule has 3 aromatic heterocycles. The number of nitrogens with zero attached hydrogens (tertiary/aromatic N) is 3. The van der Waals surface area contributed by atoms with Crippen LogP contribution >= 0.6 is 19.8 Å². The van der Waals surface area contributed by atoms with Crippen molar-refractivity contribution in [2.24, 2.45) is 0 Å². The van der Waals surface area contributed by atoms with Gasteiger partial charge in [-0.3, -0.25) is 0 Å². The number of benzene rings is 1. The van der Waals surface area contributed by atoms with Gasteiger partial charge in [0, 0.05) is 0 Å². The van der Waals surface area contributed by atoms with Crippen molar-refractivity contribution in [1.29, 1.82) is 0 Å². The van der Waals surface area contributed by atoms with E-state index in [1.807, 2.05) is 18.5 Å². The molecule has 4 aromatic rings. The number of aromatic nitrogens is 3. The number of pyridine rings is 2. The van der Waals surface area contributed by atoms with Crippen LogP contribution in [0.3, 0.4) is 0 Å². The molecule has 22 heavy (non-hydrogen) atoms. The Hall–Kier alpha value is -1.95. The summed E-state index contributed by atoms with van der Waals surface area (Å²) in [7, 11) is 0. The molecule has 0 aliphatic carbocycles. The number of hydrogen-bond donors (Lipinski definition) is 0. The van der Waals surface area contributed by atoms with Crippen LogP contribution < -0.4 is 0 Å². The first kappa shape index (κ1) is 13.7. The third kappa shape index (κ3) is 2.27. The molecule has 0 aliphatic rings. The summed E-state index contributed by atoms with van der Waals surface area (Å²) in [6.45, 7) is 0. The van der Waals surface area contributed by atoms with Crippen LogP contribution in [0.4, 0.5) is 0 Å². The number of rotatable bonds is 2. The Morgan fingerprint density at radius 2 is 1.68 bits per heavy atom. The fourth-order valence-corrected chi connectivity index (χ4v) is 4.27. The van der Waals surface area contributed by atoms with E-state index in [4.69, 9.17) is 0 Å². The third-order valence-electron chi connectivity index (χ3n) is 3.79. The zero-order valence-electron chi connectivity index (χ0n) is 12.5. The molecule has 110 valence electrons. The molecule has 0 unspecified atom stereocenters. The molecule has 0 aliphatic heterocycles. The predicted molar refractivity (Wildman–Crippen MR) is 101 cm³/mol. The van der Waals surface area contributed by atoms with Gasteiger partial charge in [-0.15, -0.1) is 0 Å². The van der Waals surface area contributed by atoms with Crippen LogP contribution in [-0.2, 0) is 0 Å². The first-order chi connectivity index (χ1) is 10.7. The summed E-state index contributed by atoms with van der Waals surface area (Å²) in [5.41, 5.74) is 1.12. The van der Waals surface area contributed by atoms with Crippen molar-refractivity contribution in [2.45, 2.75) is 0 Å². The molecule has 0 amide bonds. The Morgan fingerprint density at radius 3 is 2.50 bits per heavy atom. The Labute approximate surface area is 136 Å². The number of halogens is 1. The van der Waals surface area contributed by atoms with Crippen LogP contribution in [0.2, 0.25) is 0 Å². The molecular weight excluding hydrogens is 385 g/mol. The van der Waals surface area contributed by atoms with E-state index in [-0.39, 0.29) is 0 Å². The van der Waals surface area contributed by atoms with E-state index >= 15 is 0 Å². The molecule has 1 aromatic carbocycles. The topological polar surface area (TPSA) is 30.7 Å². The van der Waals surface area contributed by atoms with Gasteiger partial charge in [0.2, 0.25) is 0 Å². The number of hydrogen-bond acceptors (Lipinski definition) is 2. The maximum absolute atomic E-state index is 4.65. The molecule has 0 N–H and O–H groups in total. The minimum atomic E-state index is -1.04. The van der Waals surface area contributed by atoms with Crippen LogP contribution in [0, 0.1) is 3.70 Å². The predicted octanol–water partition coefficient (Wildman–Crippen LogP) is 4.51. The van der Waals surface area contributed by atoms with E-state index in [0.29, 0.717) is 0 Å². The van der Waals surface area contributed by atoms with Gasteiger partial charge in [-0.25, -0.2) is 0 Å². The molecule has 0 spiro atoms. The molecule has 0 bridgehead atoms. The second-order valence-electron chi connectivity index (χ2n) is 5.40. The van der Waals surface area contributed by atoms with Crippen molar-refractivity contribution in [1.82, 2.24) is 14.5 Å². The second-order valence-corrected chi connectivity index (χ2v) is 10.8. The van der Waals surface area contributed by atoms with Gasteiger partial charge < -0.3 is 0 Å². The second kappa shape index (κ2) is 5.35. The first-order valence-electron chi connectivity index (χ1n) is 7.05. The SMILES string of the molecule is CI(C)c1cc2ccn(-c3cc4ccccc4cn3)c2cn1. The third-order valence-corrected chi connectivity index (χ3v) is 6.59. The Morgan fingerprint density at radius 1 is 0.864 bits per heavy atom. The van der Waals surface area contributed by atoms with Gasteiger partial charge in [0.25, 0.3) is 0 Å². The van der Waals surface area contributed by atoms with E-state index in [9.17, 15) is 0 Å². The molecule has 0 atom stereocenters. The molecule has 0 saturated heterocycles. The summed E-state index contributed by atoms with van der Waals surface area (Å²) in [6.07, 6.45) is 6.00. The molecule has 4 heteroatoms. The van der Waals surface area contributed by atoms with Crippen LogP contribution in [0.15, 0.2) is 61.1 Å². The average molecular weight is 401 g/mol. The van der Waals surface area contributed by atoms with Crippen LogP contribution in [0.1, 0.15) is 0 Å². The van der Waals surface area contributed by atoms with Crippen molar-refractivity contribution in [3.63, 3.8) is 0 Å². The molecular formula is C18H16IN3. The minimum absolute atomic E-state index is 0.937. The fraction of sp³-hybridized carbons (Fsp3) is 0.111. The zero-order chi connectivity index (χ0) is 15.1. The van der Waals surface area contributed by atoms with E-state index in [0.717, 1.165) is 16.7 Å². The van der Waals surface area contributed by atoms with Crippen LogP contribution in [-0.4, -0.2) is 24.4 Å².